The highest BCUT2D eigenvalue weighted by molar-refractivity contribution is 6.34. The minimum atomic E-state index is -0.410. The van der Waals surface area contributed by atoms with E-state index in [2.05, 4.69) is 15.6 Å². The Bertz CT molecular complexity index is 938. The summed E-state index contributed by atoms with van der Waals surface area (Å²) in [5.41, 5.74) is 1.59. The fraction of sp³-hybridized carbons (Fsp3) is 0. The summed E-state index contributed by atoms with van der Waals surface area (Å²) in [4.78, 5) is 28.0. The molecule has 0 aliphatic carbocycles. The molecule has 0 saturated heterocycles. The van der Waals surface area contributed by atoms with Crippen LogP contribution < -0.4 is 10.6 Å². The van der Waals surface area contributed by atoms with Crippen LogP contribution in [-0.4, -0.2) is 16.8 Å². The molecule has 3 rings (SSSR count). The maximum atomic E-state index is 12.0. The molecule has 0 bridgehead atoms. The lowest BCUT2D eigenvalue weighted by Gasteiger charge is -2.08. The van der Waals surface area contributed by atoms with Crippen molar-refractivity contribution in [3.05, 3.63) is 83.5 Å². The zero-order valence-electron chi connectivity index (χ0n) is 13.5. The summed E-state index contributed by atoms with van der Waals surface area (Å²) in [7, 11) is 0. The second kappa shape index (κ2) is 8.13. The number of hydrogen-bond acceptors (Lipinski definition) is 4. The van der Waals surface area contributed by atoms with Crippen molar-refractivity contribution >= 4 is 40.9 Å². The lowest BCUT2D eigenvalue weighted by Crippen LogP contribution is -2.12. The summed E-state index contributed by atoms with van der Waals surface area (Å²) < 4.78 is 5.02. The average Bonchev–Trinajstić information content (AvgIpc) is 3.18. The van der Waals surface area contributed by atoms with E-state index >= 15 is 0 Å². The molecule has 7 heteroatoms. The number of carbonyl (C=O) groups is 2. The molecule has 26 heavy (non-hydrogen) atoms. The van der Waals surface area contributed by atoms with E-state index in [9.17, 15) is 9.59 Å². The van der Waals surface area contributed by atoms with Crippen LogP contribution in [0, 0.1) is 0 Å². The molecule has 3 aromatic rings. The van der Waals surface area contributed by atoms with Crippen LogP contribution in [0.25, 0.3) is 6.08 Å². The summed E-state index contributed by atoms with van der Waals surface area (Å²) in [5, 5.41) is 5.62. The molecule has 1 aromatic carbocycles. The molecule has 0 saturated carbocycles. The summed E-state index contributed by atoms with van der Waals surface area (Å²) in [6, 6.07) is 13.4. The number of nitrogens with one attached hydrogen (secondary N) is 2. The molecule has 0 fully saturated rings. The van der Waals surface area contributed by atoms with Crippen molar-refractivity contribution in [2.75, 3.05) is 10.6 Å². The van der Waals surface area contributed by atoms with Gasteiger partial charge in [-0.1, -0.05) is 17.7 Å². The van der Waals surface area contributed by atoms with Gasteiger partial charge < -0.3 is 15.1 Å². The van der Waals surface area contributed by atoms with Gasteiger partial charge in [0.1, 0.15) is 0 Å². The van der Waals surface area contributed by atoms with E-state index in [1.54, 1.807) is 54.7 Å². The van der Waals surface area contributed by atoms with Gasteiger partial charge >= 0.3 is 0 Å². The van der Waals surface area contributed by atoms with Gasteiger partial charge in [-0.05, 0) is 48.5 Å². The van der Waals surface area contributed by atoms with Crippen molar-refractivity contribution in [1.29, 1.82) is 0 Å². The molecule has 0 aliphatic rings. The number of furan rings is 1. The summed E-state index contributed by atoms with van der Waals surface area (Å²) in [6.45, 7) is 0. The van der Waals surface area contributed by atoms with Gasteiger partial charge in [0.2, 0.25) is 5.91 Å². The van der Waals surface area contributed by atoms with Crippen LogP contribution in [0.1, 0.15) is 16.2 Å². The van der Waals surface area contributed by atoms with Crippen molar-refractivity contribution < 1.29 is 14.0 Å². The number of nitrogens with zero attached hydrogens (tertiary/aromatic N) is 1. The van der Waals surface area contributed by atoms with Gasteiger partial charge in [-0.15, -0.1) is 0 Å². The molecule has 0 atom stereocenters. The van der Waals surface area contributed by atoms with E-state index in [-0.39, 0.29) is 16.7 Å². The number of anilines is 2. The van der Waals surface area contributed by atoms with E-state index in [1.807, 2.05) is 6.07 Å². The summed E-state index contributed by atoms with van der Waals surface area (Å²) in [5.74, 6) is -0.552. The quantitative estimate of drug-likeness (QED) is 0.661. The molecule has 2 heterocycles. The molecule has 0 aliphatic heterocycles. The SMILES string of the molecule is O=C(/C=C/c1ccccn1)Nc1ccc(NC(=O)c2ccco2)c(Cl)c1. The average molecular weight is 368 g/mol. The maximum absolute atomic E-state index is 12.0. The van der Waals surface area contributed by atoms with Gasteiger partial charge in [0.05, 0.1) is 22.7 Å². The molecule has 2 amide bonds. The third-order valence-corrected chi connectivity index (χ3v) is 3.64. The molecule has 130 valence electrons. The zero-order chi connectivity index (χ0) is 18.4. The van der Waals surface area contributed by atoms with Crippen LogP contribution in [0.5, 0.6) is 0 Å². The highest BCUT2D eigenvalue weighted by Crippen LogP contribution is 2.26. The topological polar surface area (TPSA) is 84.2 Å². The number of rotatable bonds is 5. The van der Waals surface area contributed by atoms with Gasteiger partial charge in [-0.2, -0.15) is 0 Å². The highest BCUT2D eigenvalue weighted by atomic mass is 35.5. The molecule has 6 nitrogen and oxygen atoms in total. The molecule has 2 N–H and O–H groups in total. The lowest BCUT2D eigenvalue weighted by atomic mass is 10.2. The fourth-order valence-electron chi connectivity index (χ4n) is 2.11. The number of carbonyl (C=O) groups excluding carboxylic acids is 2. The van der Waals surface area contributed by atoms with Crippen molar-refractivity contribution in [3.63, 3.8) is 0 Å². The first kappa shape index (κ1) is 17.4. The molecule has 2 aromatic heterocycles. The first-order valence-electron chi connectivity index (χ1n) is 7.66. The number of halogens is 1. The van der Waals surface area contributed by atoms with Gasteiger partial charge in [0.25, 0.3) is 5.91 Å². The maximum Gasteiger partial charge on any atom is 0.291 e. The van der Waals surface area contributed by atoms with Gasteiger partial charge in [0.15, 0.2) is 5.76 Å². The van der Waals surface area contributed by atoms with E-state index in [0.717, 1.165) is 0 Å². The normalized spacial score (nSPS) is 10.7. The largest absolute Gasteiger partial charge is 0.459 e. The van der Waals surface area contributed by atoms with Crippen LogP contribution in [-0.2, 0) is 4.79 Å². The van der Waals surface area contributed by atoms with Gasteiger partial charge in [-0.25, -0.2) is 0 Å². The number of amides is 2. The monoisotopic (exact) mass is 367 g/mol. The Balaban J connectivity index is 1.63. The van der Waals surface area contributed by atoms with E-state index in [4.69, 9.17) is 16.0 Å². The van der Waals surface area contributed by atoms with Crippen molar-refractivity contribution in [3.8, 4) is 0 Å². The Morgan fingerprint density at radius 1 is 1.08 bits per heavy atom. The van der Waals surface area contributed by atoms with Crippen LogP contribution in [0.3, 0.4) is 0 Å². The molecule has 0 radical (unpaired) electrons. The third-order valence-electron chi connectivity index (χ3n) is 3.32. The van der Waals surface area contributed by atoms with Crippen LogP contribution in [0.15, 0.2) is 71.5 Å². The summed E-state index contributed by atoms with van der Waals surface area (Å²) >= 11 is 6.17. The van der Waals surface area contributed by atoms with Gasteiger partial charge in [-0.3, -0.25) is 14.6 Å². The molecular weight excluding hydrogens is 354 g/mol. The van der Waals surface area contributed by atoms with Crippen LogP contribution >= 0.6 is 11.6 Å². The van der Waals surface area contributed by atoms with Crippen LogP contribution in [0.2, 0.25) is 5.02 Å². The number of hydrogen-bond donors (Lipinski definition) is 2. The van der Waals surface area contributed by atoms with Crippen molar-refractivity contribution in [2.24, 2.45) is 0 Å². The number of aromatic nitrogens is 1. The first-order chi connectivity index (χ1) is 12.6. The van der Waals surface area contributed by atoms with Crippen molar-refractivity contribution in [1.82, 2.24) is 4.98 Å². The second-order valence-electron chi connectivity index (χ2n) is 5.20. The van der Waals surface area contributed by atoms with E-state index < -0.39 is 5.91 Å². The minimum Gasteiger partial charge on any atom is -0.459 e. The zero-order valence-corrected chi connectivity index (χ0v) is 14.2. The molecule has 0 spiro atoms. The lowest BCUT2D eigenvalue weighted by molar-refractivity contribution is -0.111. The summed E-state index contributed by atoms with van der Waals surface area (Å²) in [6.07, 6.45) is 6.04. The molecule has 0 unspecified atom stereocenters. The Kier molecular flexibility index (Phi) is 5.46. The smallest absolute Gasteiger partial charge is 0.291 e. The Labute approximate surface area is 154 Å². The number of benzene rings is 1. The first-order valence-corrected chi connectivity index (χ1v) is 8.04. The standard InChI is InChI=1S/C19H14ClN3O3/c20-15-12-14(22-18(24)9-7-13-4-1-2-10-21-13)6-8-16(15)23-19(25)17-5-3-11-26-17/h1-12H,(H,22,24)(H,23,25)/b9-7+. The predicted octanol–water partition coefficient (Wildman–Crippen LogP) is 4.23. The van der Waals surface area contributed by atoms with E-state index in [0.29, 0.717) is 17.1 Å². The van der Waals surface area contributed by atoms with Crippen LogP contribution in [0.4, 0.5) is 11.4 Å². The second-order valence-corrected chi connectivity index (χ2v) is 5.61. The van der Waals surface area contributed by atoms with E-state index in [1.165, 1.54) is 12.3 Å². The minimum absolute atomic E-state index is 0.179. The number of pyridine rings is 1. The Morgan fingerprint density at radius 2 is 1.96 bits per heavy atom. The Hall–Kier alpha value is -3.38. The molecular formula is C19H14ClN3O3. The predicted molar refractivity (Wildman–Crippen MR) is 100 cm³/mol. The highest BCUT2D eigenvalue weighted by Gasteiger charge is 2.11. The fourth-order valence-corrected chi connectivity index (χ4v) is 2.33. The Morgan fingerprint density at radius 3 is 2.65 bits per heavy atom. The van der Waals surface area contributed by atoms with Gasteiger partial charge in [0, 0.05) is 18.0 Å². The van der Waals surface area contributed by atoms with Crippen molar-refractivity contribution in [2.45, 2.75) is 0 Å². The third kappa shape index (κ3) is 4.58.